The normalized spacial score (nSPS) is 11.6. The monoisotopic (exact) mass is 329 g/mol. The molecular formula is C19H27N3O2. The summed E-state index contributed by atoms with van der Waals surface area (Å²) in [5, 5.41) is 10.6. The van der Waals surface area contributed by atoms with Gasteiger partial charge in [-0.15, -0.1) is 0 Å². The van der Waals surface area contributed by atoms with Crippen LogP contribution < -0.4 is 10.1 Å². The van der Waals surface area contributed by atoms with E-state index in [0.717, 1.165) is 34.8 Å². The predicted molar refractivity (Wildman–Crippen MR) is 97.2 cm³/mol. The summed E-state index contributed by atoms with van der Waals surface area (Å²) in [7, 11) is 1.64. The maximum atomic E-state index is 12.5. The van der Waals surface area contributed by atoms with E-state index in [4.69, 9.17) is 4.74 Å². The minimum absolute atomic E-state index is 0.0296. The first kappa shape index (κ1) is 18.0. The molecule has 1 aromatic heterocycles. The van der Waals surface area contributed by atoms with Gasteiger partial charge >= 0.3 is 0 Å². The molecule has 0 aliphatic rings. The Kier molecular flexibility index (Phi) is 5.32. The minimum Gasteiger partial charge on any atom is -0.497 e. The van der Waals surface area contributed by atoms with Crippen LogP contribution in [0.5, 0.6) is 5.75 Å². The number of nitrogens with zero attached hydrogens (tertiary/aromatic N) is 1. The molecule has 1 heterocycles. The lowest BCUT2D eigenvalue weighted by Gasteiger charge is -2.19. The van der Waals surface area contributed by atoms with Crippen molar-refractivity contribution in [3.05, 3.63) is 30.0 Å². The molecule has 0 unspecified atom stereocenters. The lowest BCUT2D eigenvalue weighted by molar-refractivity contribution is -0.123. The summed E-state index contributed by atoms with van der Waals surface area (Å²) in [5.41, 5.74) is 2.88. The topological polar surface area (TPSA) is 67.0 Å². The second-order valence-electron chi connectivity index (χ2n) is 7.46. The highest BCUT2D eigenvalue weighted by molar-refractivity contribution is 5.98. The van der Waals surface area contributed by atoms with Gasteiger partial charge in [0, 0.05) is 11.0 Å². The van der Waals surface area contributed by atoms with Crippen molar-refractivity contribution >= 4 is 11.6 Å². The predicted octanol–water partition coefficient (Wildman–Crippen LogP) is 4.27. The Morgan fingerprint density at radius 2 is 2.04 bits per heavy atom. The molecule has 5 heteroatoms. The molecule has 1 amide bonds. The Bertz CT molecular complexity index is 712. The van der Waals surface area contributed by atoms with E-state index in [0.29, 0.717) is 5.92 Å². The number of anilines is 1. The molecule has 130 valence electrons. The number of aromatic amines is 1. The van der Waals surface area contributed by atoms with Gasteiger partial charge in [-0.2, -0.15) is 5.10 Å². The molecule has 2 N–H and O–H groups in total. The van der Waals surface area contributed by atoms with Crippen LogP contribution in [0.15, 0.2) is 24.3 Å². The van der Waals surface area contributed by atoms with Crippen LogP contribution in [-0.2, 0) is 11.2 Å². The van der Waals surface area contributed by atoms with Gasteiger partial charge < -0.3 is 10.1 Å². The second kappa shape index (κ2) is 7.07. The Morgan fingerprint density at radius 3 is 2.62 bits per heavy atom. The average molecular weight is 329 g/mol. The van der Waals surface area contributed by atoms with Crippen LogP contribution in [0.4, 0.5) is 5.69 Å². The SMILES string of the molecule is COc1cccc(-c2n[nH]c(CC(C)C)c2NC(=O)C(C)(C)C)c1. The number of carbonyl (C=O) groups excluding carboxylic acids is 1. The Hall–Kier alpha value is -2.30. The van der Waals surface area contributed by atoms with Crippen molar-refractivity contribution in [1.82, 2.24) is 10.2 Å². The molecule has 2 aromatic rings. The molecule has 2 rings (SSSR count). The van der Waals surface area contributed by atoms with Gasteiger partial charge in [0.1, 0.15) is 11.4 Å². The summed E-state index contributed by atoms with van der Waals surface area (Å²) < 4.78 is 5.30. The third-order valence-electron chi connectivity index (χ3n) is 3.72. The van der Waals surface area contributed by atoms with Crippen LogP contribution in [0.3, 0.4) is 0 Å². The Morgan fingerprint density at radius 1 is 1.33 bits per heavy atom. The first-order valence-corrected chi connectivity index (χ1v) is 8.25. The largest absolute Gasteiger partial charge is 0.497 e. The smallest absolute Gasteiger partial charge is 0.229 e. The van der Waals surface area contributed by atoms with E-state index in [1.165, 1.54) is 0 Å². The maximum Gasteiger partial charge on any atom is 0.229 e. The number of hydrogen-bond acceptors (Lipinski definition) is 3. The number of rotatable bonds is 5. The first-order chi connectivity index (χ1) is 11.2. The van der Waals surface area contributed by atoms with Crippen molar-refractivity contribution in [3.63, 3.8) is 0 Å². The quantitative estimate of drug-likeness (QED) is 0.861. The summed E-state index contributed by atoms with van der Waals surface area (Å²) in [4.78, 5) is 12.5. The highest BCUT2D eigenvalue weighted by Gasteiger charge is 2.25. The van der Waals surface area contributed by atoms with Crippen LogP contribution in [0.25, 0.3) is 11.3 Å². The third kappa shape index (κ3) is 4.16. The van der Waals surface area contributed by atoms with Gasteiger partial charge in [0.2, 0.25) is 5.91 Å². The van der Waals surface area contributed by atoms with Gasteiger partial charge in [0.05, 0.1) is 18.5 Å². The van der Waals surface area contributed by atoms with Crippen LogP contribution in [0, 0.1) is 11.3 Å². The molecule has 0 atom stereocenters. The molecule has 0 bridgehead atoms. The van der Waals surface area contributed by atoms with E-state index in [1.807, 2.05) is 45.0 Å². The fourth-order valence-electron chi connectivity index (χ4n) is 2.35. The zero-order chi connectivity index (χ0) is 17.9. The van der Waals surface area contributed by atoms with Crippen molar-refractivity contribution in [3.8, 4) is 17.0 Å². The molecule has 24 heavy (non-hydrogen) atoms. The van der Waals surface area contributed by atoms with E-state index in [2.05, 4.69) is 29.4 Å². The number of nitrogens with one attached hydrogen (secondary N) is 2. The van der Waals surface area contributed by atoms with Gasteiger partial charge in [0.25, 0.3) is 0 Å². The first-order valence-electron chi connectivity index (χ1n) is 8.25. The molecule has 0 spiro atoms. The number of carbonyl (C=O) groups is 1. The third-order valence-corrected chi connectivity index (χ3v) is 3.72. The van der Waals surface area contributed by atoms with Crippen LogP contribution in [0.2, 0.25) is 0 Å². The van der Waals surface area contributed by atoms with Crippen LogP contribution >= 0.6 is 0 Å². The van der Waals surface area contributed by atoms with Crippen LogP contribution in [0.1, 0.15) is 40.3 Å². The number of ether oxygens (including phenoxy) is 1. The van der Waals surface area contributed by atoms with Crippen molar-refractivity contribution in [1.29, 1.82) is 0 Å². The van der Waals surface area contributed by atoms with Gasteiger partial charge in [-0.3, -0.25) is 9.89 Å². The lowest BCUT2D eigenvalue weighted by atomic mass is 9.95. The van der Waals surface area contributed by atoms with Crippen molar-refractivity contribution in [2.45, 2.75) is 41.0 Å². The molecule has 0 saturated heterocycles. The number of methoxy groups -OCH3 is 1. The molecule has 5 nitrogen and oxygen atoms in total. The molecule has 0 saturated carbocycles. The van der Waals surface area contributed by atoms with E-state index < -0.39 is 5.41 Å². The van der Waals surface area contributed by atoms with E-state index in [1.54, 1.807) is 7.11 Å². The highest BCUT2D eigenvalue weighted by Crippen LogP contribution is 2.33. The summed E-state index contributed by atoms with van der Waals surface area (Å²) in [6.45, 7) is 9.98. The minimum atomic E-state index is -0.474. The van der Waals surface area contributed by atoms with Crippen molar-refractivity contribution in [2.75, 3.05) is 12.4 Å². The summed E-state index contributed by atoms with van der Waals surface area (Å²) in [6.07, 6.45) is 0.816. The number of amides is 1. The molecule has 0 radical (unpaired) electrons. The fraction of sp³-hybridized carbons (Fsp3) is 0.474. The number of benzene rings is 1. The molecule has 1 aromatic carbocycles. The second-order valence-corrected chi connectivity index (χ2v) is 7.46. The highest BCUT2D eigenvalue weighted by atomic mass is 16.5. The van der Waals surface area contributed by atoms with E-state index in [9.17, 15) is 4.79 Å². The Balaban J connectivity index is 2.47. The summed E-state index contributed by atoms with van der Waals surface area (Å²) >= 11 is 0. The maximum absolute atomic E-state index is 12.5. The number of aromatic nitrogens is 2. The number of H-pyrrole nitrogens is 1. The average Bonchev–Trinajstić information content (AvgIpc) is 2.88. The zero-order valence-corrected chi connectivity index (χ0v) is 15.4. The van der Waals surface area contributed by atoms with Crippen molar-refractivity contribution < 1.29 is 9.53 Å². The standard InChI is InChI=1S/C19H27N3O2/c1-12(2)10-15-17(20-18(23)19(3,4)5)16(22-21-15)13-8-7-9-14(11-13)24-6/h7-9,11-12H,10H2,1-6H3,(H,20,23)(H,21,22). The zero-order valence-electron chi connectivity index (χ0n) is 15.4. The van der Waals surface area contributed by atoms with Crippen LogP contribution in [-0.4, -0.2) is 23.2 Å². The summed E-state index contributed by atoms with van der Waals surface area (Å²) in [6, 6.07) is 7.69. The Labute approximate surface area is 143 Å². The van der Waals surface area contributed by atoms with E-state index >= 15 is 0 Å². The van der Waals surface area contributed by atoms with Gasteiger partial charge in [-0.25, -0.2) is 0 Å². The van der Waals surface area contributed by atoms with E-state index in [-0.39, 0.29) is 5.91 Å². The van der Waals surface area contributed by atoms with Crippen molar-refractivity contribution in [2.24, 2.45) is 11.3 Å². The molecule has 0 aliphatic heterocycles. The molecule has 0 aliphatic carbocycles. The van der Waals surface area contributed by atoms with Gasteiger partial charge in [-0.1, -0.05) is 46.8 Å². The van der Waals surface area contributed by atoms with Gasteiger partial charge in [0.15, 0.2) is 0 Å². The van der Waals surface area contributed by atoms with Gasteiger partial charge in [-0.05, 0) is 24.5 Å². The number of hydrogen-bond donors (Lipinski definition) is 2. The summed E-state index contributed by atoms with van der Waals surface area (Å²) in [5.74, 6) is 1.18. The molecular weight excluding hydrogens is 302 g/mol. The molecule has 0 fully saturated rings. The lowest BCUT2D eigenvalue weighted by Crippen LogP contribution is -2.28. The fourth-order valence-corrected chi connectivity index (χ4v) is 2.35.